The van der Waals surface area contributed by atoms with Crippen LogP contribution < -0.4 is 15.5 Å². The third-order valence-corrected chi connectivity index (χ3v) is 4.40. The van der Waals surface area contributed by atoms with Gasteiger partial charge in [-0.15, -0.1) is 24.0 Å². The number of piperazine rings is 1. The summed E-state index contributed by atoms with van der Waals surface area (Å²) in [4.78, 5) is 20.3. The van der Waals surface area contributed by atoms with Crippen LogP contribution in [0.5, 0.6) is 0 Å². The van der Waals surface area contributed by atoms with E-state index in [0.717, 1.165) is 50.2 Å². The van der Waals surface area contributed by atoms with Gasteiger partial charge in [0.1, 0.15) is 11.5 Å². The minimum atomic E-state index is -4.49. The average Bonchev–Trinajstić information content (AvgIpc) is 2.74. The number of hydrogen-bond acceptors (Lipinski definition) is 6. The highest BCUT2D eigenvalue weighted by Crippen LogP contribution is 2.27. The van der Waals surface area contributed by atoms with Gasteiger partial charge < -0.3 is 20.4 Å². The first-order valence-electron chi connectivity index (χ1n) is 9.23. The lowest BCUT2D eigenvalue weighted by Crippen LogP contribution is -2.53. The van der Waals surface area contributed by atoms with Crippen LogP contribution in [0, 0.1) is 0 Å². The van der Waals surface area contributed by atoms with E-state index in [9.17, 15) is 13.2 Å². The Morgan fingerprint density at radius 3 is 2.47 bits per heavy atom. The second-order valence-electron chi connectivity index (χ2n) is 6.33. The molecule has 3 heterocycles. The zero-order valence-corrected chi connectivity index (χ0v) is 18.8. The van der Waals surface area contributed by atoms with Crippen LogP contribution in [-0.2, 0) is 6.18 Å². The van der Waals surface area contributed by atoms with Crippen molar-refractivity contribution in [2.45, 2.75) is 6.18 Å². The summed E-state index contributed by atoms with van der Waals surface area (Å²) in [5, 5.41) is 6.00. The molecule has 1 fully saturated rings. The van der Waals surface area contributed by atoms with Gasteiger partial charge in [-0.3, -0.25) is 4.99 Å². The van der Waals surface area contributed by atoms with Crippen LogP contribution in [0.1, 0.15) is 5.69 Å². The number of nitrogens with one attached hydrogen (secondary N) is 2. The van der Waals surface area contributed by atoms with E-state index in [2.05, 4.69) is 40.4 Å². The molecule has 30 heavy (non-hydrogen) atoms. The first-order valence-corrected chi connectivity index (χ1v) is 9.23. The fourth-order valence-electron chi connectivity index (χ4n) is 2.97. The Hall–Kier alpha value is -2.38. The molecule has 0 spiro atoms. The summed E-state index contributed by atoms with van der Waals surface area (Å²) < 4.78 is 38.1. The fourth-order valence-corrected chi connectivity index (χ4v) is 2.97. The van der Waals surface area contributed by atoms with Gasteiger partial charge >= 0.3 is 6.18 Å². The van der Waals surface area contributed by atoms with Gasteiger partial charge in [0, 0.05) is 58.7 Å². The van der Waals surface area contributed by atoms with Crippen molar-refractivity contribution in [1.82, 2.24) is 25.2 Å². The molecule has 164 valence electrons. The third-order valence-electron chi connectivity index (χ3n) is 4.40. The summed E-state index contributed by atoms with van der Waals surface area (Å²) in [5.74, 6) is 1.65. The van der Waals surface area contributed by atoms with Crippen molar-refractivity contribution in [3.8, 4) is 0 Å². The van der Waals surface area contributed by atoms with Gasteiger partial charge in [0.05, 0.1) is 0 Å². The first kappa shape index (κ1) is 23.9. The lowest BCUT2D eigenvalue weighted by molar-refractivity contribution is -0.141. The summed E-state index contributed by atoms with van der Waals surface area (Å²) in [6.07, 6.45) is -1.62. The number of aliphatic imine (C=N–C) groups is 1. The number of alkyl halides is 3. The van der Waals surface area contributed by atoms with E-state index in [1.165, 1.54) is 0 Å². The van der Waals surface area contributed by atoms with E-state index < -0.39 is 11.9 Å². The molecular formula is C18H24F3IN8. The van der Waals surface area contributed by atoms with Gasteiger partial charge in [0.25, 0.3) is 0 Å². The van der Waals surface area contributed by atoms with Gasteiger partial charge in [-0.2, -0.15) is 13.2 Å². The molecule has 12 heteroatoms. The summed E-state index contributed by atoms with van der Waals surface area (Å²) in [5.41, 5.74) is -0.968. The number of halogens is 4. The Morgan fingerprint density at radius 2 is 1.83 bits per heavy atom. The zero-order chi connectivity index (χ0) is 20.7. The lowest BCUT2D eigenvalue weighted by atomic mass is 10.3. The highest BCUT2D eigenvalue weighted by Gasteiger charge is 2.32. The maximum Gasteiger partial charge on any atom is 0.433 e. The van der Waals surface area contributed by atoms with Crippen molar-refractivity contribution in [2.24, 2.45) is 4.99 Å². The minimum absolute atomic E-state index is 0. The Morgan fingerprint density at radius 1 is 1.07 bits per heavy atom. The Kier molecular flexibility index (Phi) is 8.87. The predicted octanol–water partition coefficient (Wildman–Crippen LogP) is 2.32. The van der Waals surface area contributed by atoms with Crippen LogP contribution in [0.2, 0.25) is 0 Å². The number of anilines is 2. The second-order valence-corrected chi connectivity index (χ2v) is 6.33. The number of rotatable bonds is 5. The normalized spacial score (nSPS) is 14.9. The number of nitrogens with zero attached hydrogens (tertiary/aromatic N) is 6. The third kappa shape index (κ3) is 6.57. The SMILES string of the molecule is CN=C(NCCNc1nccc(C(F)(F)F)n1)N1CCN(c2ccccn2)CC1.I. The van der Waals surface area contributed by atoms with Gasteiger partial charge in [-0.05, 0) is 18.2 Å². The van der Waals surface area contributed by atoms with Crippen molar-refractivity contribution >= 4 is 41.7 Å². The molecule has 2 aromatic heterocycles. The van der Waals surface area contributed by atoms with Crippen LogP contribution in [0.25, 0.3) is 0 Å². The highest BCUT2D eigenvalue weighted by atomic mass is 127. The van der Waals surface area contributed by atoms with Gasteiger partial charge in [0.2, 0.25) is 5.95 Å². The van der Waals surface area contributed by atoms with E-state index in [4.69, 9.17) is 0 Å². The predicted molar refractivity (Wildman–Crippen MR) is 120 cm³/mol. The van der Waals surface area contributed by atoms with Crippen LogP contribution >= 0.6 is 24.0 Å². The molecule has 3 rings (SSSR count). The second kappa shape index (κ2) is 11.1. The molecule has 0 bridgehead atoms. The maximum atomic E-state index is 12.7. The quantitative estimate of drug-likeness (QED) is 0.263. The molecule has 1 saturated heterocycles. The van der Waals surface area contributed by atoms with E-state index in [-0.39, 0.29) is 29.9 Å². The maximum absolute atomic E-state index is 12.7. The largest absolute Gasteiger partial charge is 0.433 e. The van der Waals surface area contributed by atoms with Crippen LogP contribution in [-0.4, -0.2) is 72.1 Å². The molecule has 2 N–H and O–H groups in total. The van der Waals surface area contributed by atoms with Crippen LogP contribution in [0.15, 0.2) is 41.7 Å². The summed E-state index contributed by atoms with van der Waals surface area (Å²) in [6.45, 7) is 4.06. The molecule has 0 amide bonds. The molecule has 0 aliphatic carbocycles. The number of hydrogen-bond donors (Lipinski definition) is 2. The lowest BCUT2D eigenvalue weighted by Gasteiger charge is -2.37. The van der Waals surface area contributed by atoms with Crippen molar-refractivity contribution in [3.05, 3.63) is 42.4 Å². The summed E-state index contributed by atoms with van der Waals surface area (Å²) in [7, 11) is 1.71. The van der Waals surface area contributed by atoms with E-state index in [1.807, 2.05) is 18.2 Å². The Bertz CT molecular complexity index is 811. The Balaban J connectivity index is 0.00000320. The molecule has 0 saturated carbocycles. The van der Waals surface area contributed by atoms with Crippen molar-refractivity contribution in [3.63, 3.8) is 0 Å². The van der Waals surface area contributed by atoms with Crippen molar-refractivity contribution in [1.29, 1.82) is 0 Å². The van der Waals surface area contributed by atoms with E-state index in [1.54, 1.807) is 13.2 Å². The molecule has 0 unspecified atom stereocenters. The molecule has 2 aromatic rings. The molecule has 1 aliphatic rings. The molecule has 0 atom stereocenters. The molecular weight excluding hydrogens is 512 g/mol. The Labute approximate surface area is 190 Å². The molecule has 8 nitrogen and oxygen atoms in total. The first-order chi connectivity index (χ1) is 14.0. The fraction of sp³-hybridized carbons (Fsp3) is 0.444. The number of aromatic nitrogens is 3. The monoisotopic (exact) mass is 536 g/mol. The summed E-state index contributed by atoms with van der Waals surface area (Å²) in [6, 6.07) is 6.69. The number of guanidine groups is 1. The van der Waals surface area contributed by atoms with Crippen molar-refractivity contribution < 1.29 is 13.2 Å². The smallest absolute Gasteiger partial charge is 0.354 e. The van der Waals surface area contributed by atoms with Crippen LogP contribution in [0.4, 0.5) is 24.9 Å². The van der Waals surface area contributed by atoms with Gasteiger partial charge in [0.15, 0.2) is 5.96 Å². The van der Waals surface area contributed by atoms with Crippen molar-refractivity contribution in [2.75, 3.05) is 56.5 Å². The zero-order valence-electron chi connectivity index (χ0n) is 16.4. The standard InChI is InChI=1S/C18H23F3N8.HI/c1-22-17(29-12-10-28(11-13-29)15-4-2-3-6-23-15)26-9-8-25-16-24-7-5-14(27-16)18(19,20)21;/h2-7H,8-13H2,1H3,(H,22,26)(H,24,25,27);1H. The molecule has 0 radical (unpaired) electrons. The minimum Gasteiger partial charge on any atom is -0.354 e. The van der Waals surface area contributed by atoms with Gasteiger partial charge in [-0.1, -0.05) is 6.07 Å². The highest BCUT2D eigenvalue weighted by molar-refractivity contribution is 14.0. The molecule has 0 aromatic carbocycles. The summed E-state index contributed by atoms with van der Waals surface area (Å²) >= 11 is 0. The van der Waals surface area contributed by atoms with Gasteiger partial charge in [-0.25, -0.2) is 15.0 Å². The van der Waals surface area contributed by atoms with Crippen LogP contribution in [0.3, 0.4) is 0 Å². The molecule has 1 aliphatic heterocycles. The van der Waals surface area contributed by atoms with E-state index in [0.29, 0.717) is 13.1 Å². The average molecular weight is 536 g/mol. The van der Waals surface area contributed by atoms with E-state index >= 15 is 0 Å². The topological polar surface area (TPSA) is 81.6 Å². The number of pyridine rings is 1.